The Hall–Kier alpha value is -3.67. The topological polar surface area (TPSA) is 71.3 Å². The molecule has 1 saturated carbocycles. The van der Waals surface area contributed by atoms with Gasteiger partial charge >= 0.3 is 0 Å². The maximum Gasteiger partial charge on any atom is 0.222 e. The van der Waals surface area contributed by atoms with E-state index in [0.717, 1.165) is 35.1 Å². The van der Waals surface area contributed by atoms with Gasteiger partial charge in [0, 0.05) is 24.4 Å². The zero-order valence-electron chi connectivity index (χ0n) is 18.1. The number of nitrogens with zero attached hydrogens (tertiary/aromatic N) is 3. The largest absolute Gasteiger partial charge is 0.461 e. The molecule has 32 heavy (non-hydrogen) atoms. The number of para-hydroxylation sites is 1. The number of fused-ring (bicyclic) bond motifs is 1. The number of anilines is 1. The van der Waals surface area contributed by atoms with Crippen LogP contribution in [0.25, 0.3) is 22.5 Å². The van der Waals surface area contributed by atoms with Gasteiger partial charge in [0.05, 0.1) is 17.8 Å². The van der Waals surface area contributed by atoms with Gasteiger partial charge in [-0.2, -0.15) is 0 Å². The first-order chi connectivity index (χ1) is 15.7. The van der Waals surface area contributed by atoms with Crippen LogP contribution in [0.5, 0.6) is 0 Å². The third kappa shape index (κ3) is 4.35. The smallest absolute Gasteiger partial charge is 0.222 e. The van der Waals surface area contributed by atoms with Crippen molar-refractivity contribution in [3.8, 4) is 11.6 Å². The number of aromatic nitrogens is 2. The number of hydrogen-bond donors (Lipinski definition) is 1. The van der Waals surface area contributed by atoms with Crippen molar-refractivity contribution >= 4 is 22.6 Å². The SMILES string of the molecule is CC(NC(=O)CCN(c1nc(-c2ccco2)nc2ccccc12)C1CC1)c1ccccc1. The first-order valence-corrected chi connectivity index (χ1v) is 11.1. The fourth-order valence-corrected chi connectivity index (χ4v) is 4.00. The summed E-state index contributed by atoms with van der Waals surface area (Å²) < 4.78 is 5.56. The number of amides is 1. The molecule has 1 aliphatic rings. The van der Waals surface area contributed by atoms with Gasteiger partial charge in [0.1, 0.15) is 5.82 Å². The van der Waals surface area contributed by atoms with Crippen LogP contribution in [0, 0.1) is 0 Å². The number of carbonyl (C=O) groups is 1. The van der Waals surface area contributed by atoms with Gasteiger partial charge in [0.25, 0.3) is 0 Å². The molecule has 2 heterocycles. The van der Waals surface area contributed by atoms with E-state index in [1.54, 1.807) is 6.26 Å². The molecule has 1 unspecified atom stereocenters. The van der Waals surface area contributed by atoms with Crippen LogP contribution in [0.15, 0.2) is 77.4 Å². The number of rotatable bonds is 8. The lowest BCUT2D eigenvalue weighted by Gasteiger charge is -2.25. The standard InChI is InChI=1S/C26H26N4O2/c1-18(19-8-3-2-4-9-19)27-24(31)15-16-30(20-13-14-20)26-21-10-5-6-11-22(21)28-25(29-26)23-12-7-17-32-23/h2-12,17-18,20H,13-16H2,1H3,(H,27,31). The number of hydrogen-bond acceptors (Lipinski definition) is 5. The highest BCUT2D eigenvalue weighted by atomic mass is 16.3. The summed E-state index contributed by atoms with van der Waals surface area (Å²) in [5, 5.41) is 4.11. The Kier molecular flexibility index (Phi) is 5.58. The average molecular weight is 427 g/mol. The molecule has 1 N–H and O–H groups in total. The Morgan fingerprint density at radius 2 is 1.84 bits per heavy atom. The van der Waals surface area contributed by atoms with E-state index in [9.17, 15) is 4.79 Å². The molecule has 1 amide bonds. The molecule has 0 saturated heterocycles. The Balaban J connectivity index is 1.38. The lowest BCUT2D eigenvalue weighted by Crippen LogP contribution is -2.34. The lowest BCUT2D eigenvalue weighted by molar-refractivity contribution is -0.121. The fourth-order valence-electron chi connectivity index (χ4n) is 4.00. The third-order valence-electron chi connectivity index (χ3n) is 5.84. The van der Waals surface area contributed by atoms with Gasteiger partial charge < -0.3 is 14.6 Å². The zero-order chi connectivity index (χ0) is 21.9. The van der Waals surface area contributed by atoms with Gasteiger partial charge in [-0.3, -0.25) is 4.79 Å². The Morgan fingerprint density at radius 1 is 1.06 bits per heavy atom. The van der Waals surface area contributed by atoms with Gasteiger partial charge in [-0.25, -0.2) is 9.97 Å². The van der Waals surface area contributed by atoms with Crippen molar-refractivity contribution in [2.45, 2.75) is 38.3 Å². The molecule has 0 bridgehead atoms. The Bertz CT molecular complexity index is 1200. The third-order valence-corrected chi connectivity index (χ3v) is 5.84. The van der Waals surface area contributed by atoms with Gasteiger partial charge in [0.15, 0.2) is 11.6 Å². The molecule has 162 valence electrons. The van der Waals surface area contributed by atoms with Crippen molar-refractivity contribution in [2.75, 3.05) is 11.4 Å². The van der Waals surface area contributed by atoms with E-state index >= 15 is 0 Å². The second-order valence-electron chi connectivity index (χ2n) is 8.24. The molecular weight excluding hydrogens is 400 g/mol. The maximum atomic E-state index is 12.7. The van der Waals surface area contributed by atoms with Crippen LogP contribution in [0.4, 0.5) is 5.82 Å². The van der Waals surface area contributed by atoms with Gasteiger partial charge in [-0.15, -0.1) is 0 Å². The first-order valence-electron chi connectivity index (χ1n) is 11.1. The molecule has 5 rings (SSSR count). The number of furan rings is 1. The summed E-state index contributed by atoms with van der Waals surface area (Å²) in [7, 11) is 0. The first kappa shape index (κ1) is 20.2. The van der Waals surface area contributed by atoms with Gasteiger partial charge in [0.2, 0.25) is 5.91 Å². The Labute approximate surface area is 187 Å². The van der Waals surface area contributed by atoms with Crippen molar-refractivity contribution in [1.82, 2.24) is 15.3 Å². The summed E-state index contributed by atoms with van der Waals surface area (Å²) in [5.74, 6) is 2.11. The fraction of sp³-hybridized carbons (Fsp3) is 0.269. The highest BCUT2D eigenvalue weighted by Gasteiger charge is 2.32. The monoisotopic (exact) mass is 426 g/mol. The van der Waals surface area contributed by atoms with E-state index < -0.39 is 0 Å². The quantitative estimate of drug-likeness (QED) is 0.423. The lowest BCUT2D eigenvalue weighted by atomic mass is 10.1. The minimum absolute atomic E-state index is 0.0245. The van der Waals surface area contributed by atoms with Gasteiger partial charge in [-0.05, 0) is 49.6 Å². The molecule has 2 aromatic heterocycles. The van der Waals surface area contributed by atoms with E-state index in [1.165, 1.54) is 0 Å². The zero-order valence-corrected chi connectivity index (χ0v) is 18.1. The van der Waals surface area contributed by atoms with Crippen LogP contribution in [0.2, 0.25) is 0 Å². The molecule has 2 aromatic carbocycles. The van der Waals surface area contributed by atoms with Crippen LogP contribution in [0.3, 0.4) is 0 Å². The highest BCUT2D eigenvalue weighted by molar-refractivity contribution is 5.91. The molecule has 6 heteroatoms. The predicted octanol–water partition coefficient (Wildman–Crippen LogP) is 5.13. The van der Waals surface area contributed by atoms with Crippen molar-refractivity contribution in [1.29, 1.82) is 0 Å². The molecule has 0 radical (unpaired) electrons. The molecule has 1 aliphatic carbocycles. The van der Waals surface area contributed by atoms with Crippen molar-refractivity contribution in [3.05, 3.63) is 78.6 Å². The van der Waals surface area contributed by atoms with Crippen molar-refractivity contribution in [3.63, 3.8) is 0 Å². The molecule has 0 aliphatic heterocycles. The minimum Gasteiger partial charge on any atom is -0.461 e. The number of benzene rings is 2. The summed E-state index contributed by atoms with van der Waals surface area (Å²) in [6.45, 7) is 2.62. The maximum absolute atomic E-state index is 12.7. The molecule has 4 aromatic rings. The summed E-state index contributed by atoms with van der Waals surface area (Å²) in [4.78, 5) is 24.6. The van der Waals surface area contributed by atoms with E-state index in [4.69, 9.17) is 14.4 Å². The van der Waals surface area contributed by atoms with E-state index in [1.807, 2.05) is 73.7 Å². The molecule has 0 spiro atoms. The summed E-state index contributed by atoms with van der Waals surface area (Å²) in [6.07, 6.45) is 4.25. The van der Waals surface area contributed by atoms with Crippen LogP contribution in [-0.2, 0) is 4.79 Å². The van der Waals surface area contributed by atoms with E-state index in [-0.39, 0.29) is 11.9 Å². The van der Waals surface area contributed by atoms with Gasteiger partial charge in [-0.1, -0.05) is 42.5 Å². The van der Waals surface area contributed by atoms with Crippen LogP contribution < -0.4 is 10.2 Å². The number of nitrogens with one attached hydrogen (secondary N) is 1. The predicted molar refractivity (Wildman–Crippen MR) is 125 cm³/mol. The minimum atomic E-state index is -0.0245. The van der Waals surface area contributed by atoms with E-state index in [0.29, 0.717) is 30.6 Å². The second-order valence-corrected chi connectivity index (χ2v) is 8.24. The average Bonchev–Trinajstić information content (AvgIpc) is 3.51. The van der Waals surface area contributed by atoms with Crippen molar-refractivity contribution < 1.29 is 9.21 Å². The highest BCUT2D eigenvalue weighted by Crippen LogP contribution is 2.35. The molecule has 6 nitrogen and oxygen atoms in total. The van der Waals surface area contributed by atoms with Crippen LogP contribution in [-0.4, -0.2) is 28.5 Å². The molecular formula is C26H26N4O2. The summed E-state index contributed by atoms with van der Waals surface area (Å²) in [6, 6.07) is 22.1. The normalized spacial score (nSPS) is 14.3. The van der Waals surface area contributed by atoms with Crippen molar-refractivity contribution in [2.24, 2.45) is 0 Å². The Morgan fingerprint density at radius 3 is 2.59 bits per heavy atom. The molecule has 1 fully saturated rings. The molecule has 1 atom stereocenters. The van der Waals surface area contributed by atoms with E-state index in [2.05, 4.69) is 10.2 Å². The van der Waals surface area contributed by atoms with Crippen LogP contribution >= 0.6 is 0 Å². The van der Waals surface area contributed by atoms with Crippen LogP contribution in [0.1, 0.15) is 37.8 Å². The second kappa shape index (κ2) is 8.83. The number of carbonyl (C=O) groups excluding carboxylic acids is 1. The summed E-state index contributed by atoms with van der Waals surface area (Å²) >= 11 is 0. The summed E-state index contributed by atoms with van der Waals surface area (Å²) in [5.41, 5.74) is 1.97.